The Hall–Kier alpha value is -1.56. The van der Waals surface area contributed by atoms with Crippen LogP contribution < -0.4 is 5.32 Å². The fourth-order valence-corrected chi connectivity index (χ4v) is 2.16. The first-order chi connectivity index (χ1) is 9.65. The predicted octanol–water partition coefficient (Wildman–Crippen LogP) is 3.73. The second-order valence-corrected chi connectivity index (χ2v) is 5.47. The molecule has 0 aliphatic rings. The molecule has 0 fully saturated rings. The molecule has 1 atom stereocenters. The highest BCUT2D eigenvalue weighted by Crippen LogP contribution is 2.34. The minimum Gasteiger partial charge on any atom is -0.394 e. The van der Waals surface area contributed by atoms with Crippen LogP contribution in [0.25, 0.3) is 0 Å². The summed E-state index contributed by atoms with van der Waals surface area (Å²) in [6, 6.07) is 3.18. The van der Waals surface area contributed by atoms with E-state index >= 15 is 0 Å². The molecule has 3 nitrogen and oxygen atoms in total. The van der Waals surface area contributed by atoms with Gasteiger partial charge in [0.2, 0.25) is 0 Å². The van der Waals surface area contributed by atoms with Gasteiger partial charge in [0.25, 0.3) is 0 Å². The molecule has 0 unspecified atom stereocenters. The predicted molar refractivity (Wildman–Crippen MR) is 75.4 cm³/mol. The molecule has 118 valence electrons. The Kier molecular flexibility index (Phi) is 5.78. The van der Waals surface area contributed by atoms with Crippen molar-refractivity contribution in [2.24, 2.45) is 5.92 Å². The highest BCUT2D eigenvalue weighted by molar-refractivity contribution is 5.96. The van der Waals surface area contributed by atoms with Crippen LogP contribution in [0.4, 0.5) is 18.9 Å². The van der Waals surface area contributed by atoms with Crippen molar-refractivity contribution >= 4 is 11.5 Å². The standard InChI is InChI=1S/C15H20F3NO2/c1-9(2)6-12(8-20)19-11-4-5-13(10(3)21)14(7-11)15(16,17)18/h4-5,7,9,12,19-20H,6,8H2,1-3H3/t12-/m0/s1. The summed E-state index contributed by atoms with van der Waals surface area (Å²) < 4.78 is 39.0. The van der Waals surface area contributed by atoms with E-state index in [2.05, 4.69) is 5.32 Å². The first kappa shape index (κ1) is 17.5. The van der Waals surface area contributed by atoms with E-state index in [0.29, 0.717) is 12.3 Å². The van der Waals surface area contributed by atoms with Crippen molar-refractivity contribution in [2.45, 2.75) is 39.4 Å². The van der Waals surface area contributed by atoms with Crippen LogP contribution in [0.3, 0.4) is 0 Å². The molecule has 0 aromatic heterocycles. The molecule has 0 amide bonds. The van der Waals surface area contributed by atoms with Crippen LogP contribution >= 0.6 is 0 Å². The van der Waals surface area contributed by atoms with Gasteiger partial charge in [0.1, 0.15) is 0 Å². The summed E-state index contributed by atoms with van der Waals surface area (Å²) in [5.74, 6) is -0.331. The molecule has 1 rings (SSSR count). The van der Waals surface area contributed by atoms with E-state index in [-0.39, 0.29) is 23.9 Å². The molecule has 0 aliphatic heterocycles. The average Bonchev–Trinajstić information content (AvgIpc) is 2.36. The van der Waals surface area contributed by atoms with Crippen LogP contribution in [0.1, 0.15) is 43.1 Å². The molecule has 1 aromatic carbocycles. The van der Waals surface area contributed by atoms with E-state index in [1.807, 2.05) is 13.8 Å². The Labute approximate surface area is 122 Å². The van der Waals surface area contributed by atoms with Crippen molar-refractivity contribution in [3.8, 4) is 0 Å². The van der Waals surface area contributed by atoms with Crippen molar-refractivity contribution in [3.63, 3.8) is 0 Å². The number of aliphatic hydroxyl groups excluding tert-OH is 1. The lowest BCUT2D eigenvalue weighted by atomic mass is 10.0. The molecule has 0 heterocycles. The molecule has 0 spiro atoms. The second kappa shape index (κ2) is 6.93. The number of alkyl halides is 3. The lowest BCUT2D eigenvalue weighted by Crippen LogP contribution is -2.26. The van der Waals surface area contributed by atoms with Crippen molar-refractivity contribution < 1.29 is 23.1 Å². The third-order valence-corrected chi connectivity index (χ3v) is 3.05. The van der Waals surface area contributed by atoms with E-state index in [4.69, 9.17) is 0 Å². The maximum Gasteiger partial charge on any atom is 0.417 e. The van der Waals surface area contributed by atoms with Crippen molar-refractivity contribution in [3.05, 3.63) is 29.3 Å². The molecule has 0 radical (unpaired) electrons. The number of rotatable bonds is 6. The number of carbonyl (C=O) groups is 1. The molecule has 6 heteroatoms. The normalized spacial score (nSPS) is 13.3. The van der Waals surface area contributed by atoms with Crippen LogP contribution in [-0.4, -0.2) is 23.5 Å². The monoisotopic (exact) mass is 303 g/mol. The van der Waals surface area contributed by atoms with Gasteiger partial charge in [-0.2, -0.15) is 13.2 Å². The van der Waals surface area contributed by atoms with Crippen LogP contribution in [-0.2, 0) is 6.18 Å². The molecule has 0 saturated carbocycles. The van der Waals surface area contributed by atoms with Crippen LogP contribution in [0, 0.1) is 5.92 Å². The zero-order valence-corrected chi connectivity index (χ0v) is 12.3. The van der Waals surface area contributed by atoms with Gasteiger partial charge in [0.15, 0.2) is 5.78 Å². The quantitative estimate of drug-likeness (QED) is 0.787. The number of nitrogens with one attached hydrogen (secondary N) is 1. The van der Waals surface area contributed by atoms with Gasteiger partial charge >= 0.3 is 6.18 Å². The summed E-state index contributed by atoms with van der Waals surface area (Å²) in [4.78, 5) is 11.3. The maximum atomic E-state index is 13.0. The lowest BCUT2D eigenvalue weighted by molar-refractivity contribution is -0.137. The smallest absolute Gasteiger partial charge is 0.394 e. The van der Waals surface area contributed by atoms with E-state index in [1.54, 1.807) is 0 Å². The van der Waals surface area contributed by atoms with Gasteiger partial charge in [-0.3, -0.25) is 4.79 Å². The van der Waals surface area contributed by atoms with Crippen LogP contribution in [0.5, 0.6) is 0 Å². The summed E-state index contributed by atoms with van der Waals surface area (Å²) in [5.41, 5.74) is -1.06. The van der Waals surface area contributed by atoms with Gasteiger partial charge in [0, 0.05) is 17.3 Å². The number of hydrogen-bond acceptors (Lipinski definition) is 3. The molecule has 0 bridgehead atoms. The van der Waals surface area contributed by atoms with Crippen molar-refractivity contribution in [1.29, 1.82) is 0 Å². The zero-order valence-electron chi connectivity index (χ0n) is 12.3. The largest absolute Gasteiger partial charge is 0.417 e. The Morgan fingerprint density at radius 1 is 1.33 bits per heavy atom. The number of halogens is 3. The number of aliphatic hydroxyl groups is 1. The third kappa shape index (κ3) is 5.04. The first-order valence-corrected chi connectivity index (χ1v) is 6.74. The van der Waals surface area contributed by atoms with E-state index in [9.17, 15) is 23.1 Å². The maximum absolute atomic E-state index is 13.0. The summed E-state index contributed by atoms with van der Waals surface area (Å²) in [7, 11) is 0. The number of carbonyl (C=O) groups excluding carboxylic acids is 1. The number of benzene rings is 1. The Morgan fingerprint density at radius 3 is 2.38 bits per heavy atom. The van der Waals surface area contributed by atoms with Gasteiger partial charge in [-0.25, -0.2) is 0 Å². The van der Waals surface area contributed by atoms with Crippen molar-refractivity contribution in [1.82, 2.24) is 0 Å². The van der Waals surface area contributed by atoms with E-state index in [0.717, 1.165) is 19.1 Å². The summed E-state index contributed by atoms with van der Waals surface area (Å²) in [6.07, 6.45) is -3.96. The fraction of sp³-hybridized carbons (Fsp3) is 0.533. The Balaban J connectivity index is 3.08. The molecule has 0 saturated heterocycles. The van der Waals surface area contributed by atoms with E-state index in [1.165, 1.54) is 6.07 Å². The number of hydrogen-bond donors (Lipinski definition) is 2. The Morgan fingerprint density at radius 2 is 1.95 bits per heavy atom. The molecule has 21 heavy (non-hydrogen) atoms. The summed E-state index contributed by atoms with van der Waals surface area (Å²) in [5, 5.41) is 12.1. The highest BCUT2D eigenvalue weighted by Gasteiger charge is 2.34. The van der Waals surface area contributed by atoms with Gasteiger partial charge in [-0.15, -0.1) is 0 Å². The topological polar surface area (TPSA) is 49.3 Å². The van der Waals surface area contributed by atoms with Gasteiger partial charge in [-0.05, 0) is 37.5 Å². The number of anilines is 1. The van der Waals surface area contributed by atoms with Crippen LogP contribution in [0.2, 0.25) is 0 Å². The van der Waals surface area contributed by atoms with E-state index < -0.39 is 17.5 Å². The molecular formula is C15H20F3NO2. The van der Waals surface area contributed by atoms with Crippen LogP contribution in [0.15, 0.2) is 18.2 Å². The minimum atomic E-state index is -4.59. The summed E-state index contributed by atoms with van der Waals surface area (Å²) in [6.45, 7) is 4.86. The van der Waals surface area contributed by atoms with Crippen molar-refractivity contribution in [2.75, 3.05) is 11.9 Å². The SMILES string of the molecule is CC(=O)c1ccc(N[C@H](CO)CC(C)C)cc1C(F)(F)F. The molecule has 0 aliphatic carbocycles. The third-order valence-electron chi connectivity index (χ3n) is 3.05. The zero-order chi connectivity index (χ0) is 16.2. The first-order valence-electron chi connectivity index (χ1n) is 6.74. The molecule has 1 aromatic rings. The number of Topliss-reactive ketones (excluding diaryl/α,β-unsaturated/α-hetero) is 1. The lowest BCUT2D eigenvalue weighted by Gasteiger charge is -2.21. The van der Waals surface area contributed by atoms with Gasteiger partial charge in [-0.1, -0.05) is 13.8 Å². The number of ketones is 1. The second-order valence-electron chi connectivity index (χ2n) is 5.47. The van der Waals surface area contributed by atoms with Gasteiger partial charge in [0.05, 0.1) is 12.2 Å². The molecule has 2 N–H and O–H groups in total. The summed E-state index contributed by atoms with van der Waals surface area (Å²) >= 11 is 0. The highest BCUT2D eigenvalue weighted by atomic mass is 19.4. The average molecular weight is 303 g/mol. The minimum absolute atomic E-state index is 0.173. The fourth-order valence-electron chi connectivity index (χ4n) is 2.16. The Bertz CT molecular complexity index is 498. The molecular weight excluding hydrogens is 283 g/mol. The van der Waals surface area contributed by atoms with Gasteiger partial charge < -0.3 is 10.4 Å².